The second kappa shape index (κ2) is 7.05. The molecule has 1 saturated heterocycles. The van der Waals surface area contributed by atoms with Gasteiger partial charge in [-0.3, -0.25) is 14.9 Å². The number of halogens is 1. The minimum atomic E-state index is -1.51. The van der Waals surface area contributed by atoms with Crippen molar-refractivity contribution in [1.82, 2.24) is 35.9 Å². The lowest BCUT2D eigenvalue weighted by Gasteiger charge is -2.25. The summed E-state index contributed by atoms with van der Waals surface area (Å²) < 4.78 is 13.0. The fourth-order valence-electron chi connectivity index (χ4n) is 2.95. The van der Waals surface area contributed by atoms with Crippen LogP contribution in [0.15, 0.2) is 36.0 Å². The molecule has 10 nitrogen and oxygen atoms in total. The van der Waals surface area contributed by atoms with E-state index in [-0.39, 0.29) is 12.2 Å². The number of urea groups is 1. The zero-order chi connectivity index (χ0) is 20.6. The van der Waals surface area contributed by atoms with Crippen molar-refractivity contribution >= 4 is 29.2 Å². The number of hydrogen-bond acceptors (Lipinski definition) is 7. The largest absolute Gasteiger partial charge is 0.347 e. The molecule has 0 radical (unpaired) electrons. The van der Waals surface area contributed by atoms with Gasteiger partial charge in [0, 0.05) is 4.88 Å². The van der Waals surface area contributed by atoms with Gasteiger partial charge < -0.3 is 10.6 Å². The van der Waals surface area contributed by atoms with E-state index in [9.17, 15) is 18.8 Å². The monoisotopic (exact) mass is 415 g/mol. The van der Waals surface area contributed by atoms with Crippen LogP contribution in [0.3, 0.4) is 0 Å². The summed E-state index contributed by atoms with van der Waals surface area (Å²) in [4.78, 5) is 42.9. The molecule has 0 saturated carbocycles. The Morgan fingerprint density at radius 3 is 2.69 bits per heavy atom. The first kappa shape index (κ1) is 18.7. The summed E-state index contributed by atoms with van der Waals surface area (Å²) in [5.41, 5.74) is 0.872. The Morgan fingerprint density at radius 2 is 2.07 bits per heavy atom. The maximum absolute atomic E-state index is 13.0. The van der Waals surface area contributed by atoms with Crippen LogP contribution in [0, 0.1) is 12.7 Å². The number of thiazole rings is 1. The molecule has 0 unspecified atom stereocenters. The molecule has 0 spiro atoms. The Morgan fingerprint density at radius 1 is 1.31 bits per heavy atom. The maximum atomic E-state index is 13.0. The van der Waals surface area contributed by atoms with E-state index in [4.69, 9.17) is 0 Å². The van der Waals surface area contributed by atoms with E-state index in [1.807, 2.05) is 0 Å². The highest BCUT2D eigenvalue weighted by molar-refractivity contribution is 7.09. The first-order valence-electron chi connectivity index (χ1n) is 8.40. The molecule has 3 heterocycles. The third-order valence-corrected chi connectivity index (χ3v) is 5.14. The summed E-state index contributed by atoms with van der Waals surface area (Å²) >= 11 is 1.32. The summed E-state index contributed by atoms with van der Waals surface area (Å²) in [5.74, 6) is -1.61. The Hall–Kier alpha value is -3.67. The number of aromatic nitrogens is 4. The second-order valence-electron chi connectivity index (χ2n) is 6.25. The van der Waals surface area contributed by atoms with Gasteiger partial charge in [0.2, 0.25) is 0 Å². The van der Waals surface area contributed by atoms with Crippen molar-refractivity contribution < 1.29 is 18.8 Å². The van der Waals surface area contributed by atoms with E-state index in [0.717, 1.165) is 4.88 Å². The maximum Gasteiger partial charge on any atom is 0.322 e. The van der Waals surface area contributed by atoms with Gasteiger partial charge in [-0.25, -0.2) is 14.2 Å². The third-order valence-electron chi connectivity index (χ3n) is 4.39. The molecule has 1 aromatic carbocycles. The van der Waals surface area contributed by atoms with Crippen molar-refractivity contribution in [2.75, 3.05) is 6.54 Å². The lowest BCUT2D eigenvalue weighted by Crippen LogP contribution is -2.53. The molecular weight excluding hydrogens is 401 g/mol. The van der Waals surface area contributed by atoms with Crippen LogP contribution in [0.25, 0.3) is 5.69 Å². The Bertz CT molecular complexity index is 1110. The topological polar surface area (TPSA) is 131 Å². The van der Waals surface area contributed by atoms with Gasteiger partial charge in [-0.15, -0.1) is 16.4 Å². The molecule has 148 valence electrons. The molecular formula is C17H14FN7O3S. The number of carbonyl (C=O) groups excluding carboxylic acids is 3. The van der Waals surface area contributed by atoms with Crippen molar-refractivity contribution in [2.24, 2.45) is 0 Å². The predicted octanol–water partition coefficient (Wildman–Crippen LogP) is 0.636. The standard InChI is InChI=1S/C17H14FN7O3S/c1-9-13(20-8-29-9)17(15(27)22-16(28)23-17)7-19-14(26)12-6-21-25(24-12)11-4-2-10(18)3-5-11/h2-6,8H,7H2,1H3,(H,19,26)(H2,22,23,27,28)/t17-/m1/s1. The number of rotatable bonds is 5. The number of imide groups is 1. The van der Waals surface area contributed by atoms with E-state index in [2.05, 4.69) is 31.1 Å². The van der Waals surface area contributed by atoms with Gasteiger partial charge in [0.15, 0.2) is 11.2 Å². The van der Waals surface area contributed by atoms with E-state index >= 15 is 0 Å². The lowest BCUT2D eigenvalue weighted by atomic mass is 9.94. The van der Waals surface area contributed by atoms with E-state index in [1.54, 1.807) is 12.4 Å². The van der Waals surface area contributed by atoms with Crippen LogP contribution in [0.1, 0.15) is 21.1 Å². The number of carbonyl (C=O) groups is 3. The zero-order valence-electron chi connectivity index (χ0n) is 15.0. The van der Waals surface area contributed by atoms with Gasteiger partial charge in [0.05, 0.1) is 29.6 Å². The SMILES string of the molecule is Cc1scnc1[C@@]1(CNC(=O)c2cnn(-c3ccc(F)cc3)n2)NC(=O)NC1=O. The summed E-state index contributed by atoms with van der Waals surface area (Å²) in [6.07, 6.45) is 1.24. The number of amides is 4. The number of nitrogens with zero attached hydrogens (tertiary/aromatic N) is 4. The highest BCUT2D eigenvalue weighted by atomic mass is 32.1. The molecule has 29 heavy (non-hydrogen) atoms. The fraction of sp³-hybridized carbons (Fsp3) is 0.176. The quantitative estimate of drug-likeness (QED) is 0.524. The van der Waals surface area contributed by atoms with E-state index in [0.29, 0.717) is 11.4 Å². The Labute approximate surface area is 167 Å². The second-order valence-corrected chi connectivity index (χ2v) is 7.31. The average Bonchev–Trinajstić information content (AvgIpc) is 3.40. The summed E-state index contributed by atoms with van der Waals surface area (Å²) in [6.45, 7) is 1.54. The predicted molar refractivity (Wildman–Crippen MR) is 98.9 cm³/mol. The molecule has 1 aliphatic heterocycles. The van der Waals surface area contributed by atoms with E-state index < -0.39 is 29.2 Å². The fourth-order valence-corrected chi connectivity index (χ4v) is 3.61. The van der Waals surface area contributed by atoms with Crippen LogP contribution >= 0.6 is 11.3 Å². The van der Waals surface area contributed by atoms with Gasteiger partial charge in [-0.1, -0.05) is 0 Å². The number of hydrogen-bond donors (Lipinski definition) is 3. The number of aryl methyl sites for hydroxylation is 1. The van der Waals surface area contributed by atoms with Gasteiger partial charge in [-0.05, 0) is 31.2 Å². The molecule has 1 atom stereocenters. The Balaban J connectivity index is 1.54. The van der Waals surface area contributed by atoms with Crippen LogP contribution in [0.4, 0.5) is 9.18 Å². The summed E-state index contributed by atoms with van der Waals surface area (Å²) in [6, 6.07) is 4.77. The highest BCUT2D eigenvalue weighted by Gasteiger charge is 2.50. The molecule has 3 N–H and O–H groups in total. The molecule has 12 heteroatoms. The minimum absolute atomic E-state index is 0.00999. The van der Waals surface area contributed by atoms with Crippen molar-refractivity contribution in [3.05, 3.63) is 58.1 Å². The van der Waals surface area contributed by atoms with Crippen LogP contribution in [0.2, 0.25) is 0 Å². The van der Waals surface area contributed by atoms with Crippen molar-refractivity contribution in [2.45, 2.75) is 12.5 Å². The molecule has 4 amide bonds. The molecule has 1 fully saturated rings. The van der Waals surface area contributed by atoms with Gasteiger partial charge in [0.1, 0.15) is 5.82 Å². The first-order valence-corrected chi connectivity index (χ1v) is 9.28. The van der Waals surface area contributed by atoms with Crippen LogP contribution in [0.5, 0.6) is 0 Å². The van der Waals surface area contributed by atoms with Crippen LogP contribution in [-0.2, 0) is 10.3 Å². The van der Waals surface area contributed by atoms with Crippen LogP contribution < -0.4 is 16.0 Å². The normalized spacial score (nSPS) is 18.4. The van der Waals surface area contributed by atoms with Gasteiger partial charge >= 0.3 is 6.03 Å². The summed E-state index contributed by atoms with van der Waals surface area (Å²) in [7, 11) is 0. The molecule has 1 aliphatic rings. The first-order chi connectivity index (χ1) is 13.9. The van der Waals surface area contributed by atoms with Crippen LogP contribution in [-0.4, -0.2) is 44.4 Å². The van der Waals surface area contributed by atoms with Crippen molar-refractivity contribution in [3.8, 4) is 5.69 Å². The number of nitrogens with one attached hydrogen (secondary N) is 3. The lowest BCUT2D eigenvalue weighted by molar-refractivity contribution is -0.124. The number of benzene rings is 1. The average molecular weight is 415 g/mol. The molecule has 0 bridgehead atoms. The third kappa shape index (κ3) is 3.33. The molecule has 4 rings (SSSR count). The molecule has 0 aliphatic carbocycles. The molecule has 2 aromatic heterocycles. The van der Waals surface area contributed by atoms with Crippen molar-refractivity contribution in [1.29, 1.82) is 0 Å². The summed E-state index contributed by atoms with van der Waals surface area (Å²) in [5, 5.41) is 15.4. The highest BCUT2D eigenvalue weighted by Crippen LogP contribution is 2.28. The Kier molecular flexibility index (Phi) is 4.54. The van der Waals surface area contributed by atoms with E-state index in [1.165, 1.54) is 46.6 Å². The smallest absolute Gasteiger partial charge is 0.322 e. The molecule has 3 aromatic rings. The van der Waals surface area contributed by atoms with Gasteiger partial charge in [-0.2, -0.15) is 9.90 Å². The van der Waals surface area contributed by atoms with Crippen molar-refractivity contribution in [3.63, 3.8) is 0 Å². The minimum Gasteiger partial charge on any atom is -0.347 e. The van der Waals surface area contributed by atoms with Gasteiger partial charge in [0.25, 0.3) is 11.8 Å². The zero-order valence-corrected chi connectivity index (χ0v) is 15.8.